The van der Waals surface area contributed by atoms with E-state index in [1.807, 2.05) is 6.92 Å². The number of rotatable bonds is 7. The van der Waals surface area contributed by atoms with Gasteiger partial charge >= 0.3 is 6.18 Å². The number of hydrogen-bond acceptors (Lipinski definition) is 4. The maximum Gasteiger partial charge on any atom is 0.416 e. The average Bonchev–Trinajstić information content (AvgIpc) is 2.63. The number of amides is 2. The van der Waals surface area contributed by atoms with Gasteiger partial charge in [0.1, 0.15) is 12.2 Å². The van der Waals surface area contributed by atoms with Crippen molar-refractivity contribution in [2.24, 2.45) is 5.10 Å². The zero-order chi connectivity index (χ0) is 21.4. The van der Waals surface area contributed by atoms with Crippen molar-refractivity contribution in [2.75, 3.05) is 11.9 Å². The third-order valence-corrected chi connectivity index (χ3v) is 3.95. The number of carbonyl (C=O) groups excluding carboxylic acids is 2. The Kier molecular flexibility index (Phi) is 7.77. The van der Waals surface area contributed by atoms with Gasteiger partial charge in [0.15, 0.2) is 0 Å². The van der Waals surface area contributed by atoms with Gasteiger partial charge in [-0.15, -0.1) is 0 Å². The Balaban J connectivity index is 1.92. The summed E-state index contributed by atoms with van der Waals surface area (Å²) in [6, 6.07) is 9.40. The fourth-order valence-electron chi connectivity index (χ4n) is 2.24. The lowest BCUT2D eigenvalue weighted by molar-refractivity contribution is -0.137. The summed E-state index contributed by atoms with van der Waals surface area (Å²) in [6.45, 7) is 2.28. The number of anilines is 1. The molecule has 0 aliphatic heterocycles. The van der Waals surface area contributed by atoms with Gasteiger partial charge in [-0.1, -0.05) is 22.0 Å². The van der Waals surface area contributed by atoms with E-state index in [9.17, 15) is 22.8 Å². The molecule has 0 saturated carbocycles. The summed E-state index contributed by atoms with van der Waals surface area (Å²) in [5.41, 5.74) is 1.84. The predicted octanol–water partition coefficient (Wildman–Crippen LogP) is 4.35. The molecule has 6 nitrogen and oxygen atoms in total. The standard InChI is InChI=1S/C19H17BrF3N3O3/c1-2-29-16-7-6-14(20)8-12(16)11-24-26-18(28)10-17(27)25-15-5-3-4-13(9-15)19(21,22)23/h3-9,11H,2,10H2,1H3,(H,25,27)(H,26,28). The molecule has 0 bridgehead atoms. The lowest BCUT2D eigenvalue weighted by Crippen LogP contribution is -2.24. The second-order valence-corrected chi connectivity index (χ2v) is 6.63. The largest absolute Gasteiger partial charge is 0.493 e. The van der Waals surface area contributed by atoms with E-state index in [0.717, 1.165) is 22.7 Å². The van der Waals surface area contributed by atoms with Crippen molar-refractivity contribution in [1.29, 1.82) is 0 Å². The van der Waals surface area contributed by atoms with Crippen LogP contribution in [0.15, 0.2) is 52.0 Å². The van der Waals surface area contributed by atoms with Crippen LogP contribution < -0.4 is 15.5 Å². The minimum absolute atomic E-state index is 0.0587. The van der Waals surface area contributed by atoms with Crippen LogP contribution in [0.1, 0.15) is 24.5 Å². The van der Waals surface area contributed by atoms with E-state index in [0.29, 0.717) is 17.9 Å². The predicted molar refractivity (Wildman–Crippen MR) is 106 cm³/mol. The van der Waals surface area contributed by atoms with Crippen molar-refractivity contribution in [3.05, 3.63) is 58.1 Å². The zero-order valence-electron chi connectivity index (χ0n) is 15.2. The number of hydrogen-bond donors (Lipinski definition) is 2. The van der Waals surface area contributed by atoms with Gasteiger partial charge in [0, 0.05) is 15.7 Å². The molecular formula is C19H17BrF3N3O3. The normalized spacial score (nSPS) is 11.3. The highest BCUT2D eigenvalue weighted by molar-refractivity contribution is 9.10. The molecule has 2 aromatic carbocycles. The summed E-state index contributed by atoms with van der Waals surface area (Å²) in [7, 11) is 0. The molecule has 0 saturated heterocycles. The molecule has 0 aliphatic carbocycles. The van der Waals surface area contributed by atoms with Crippen LogP contribution in [0.4, 0.5) is 18.9 Å². The van der Waals surface area contributed by atoms with Crippen molar-refractivity contribution >= 4 is 39.6 Å². The molecule has 2 rings (SSSR count). The molecule has 0 aliphatic rings. The number of alkyl halides is 3. The van der Waals surface area contributed by atoms with Crippen molar-refractivity contribution in [2.45, 2.75) is 19.5 Å². The number of ether oxygens (including phenoxy) is 1. The molecule has 0 aromatic heterocycles. The van der Waals surface area contributed by atoms with E-state index >= 15 is 0 Å². The molecule has 0 unspecified atom stereocenters. The van der Waals surface area contributed by atoms with E-state index in [1.54, 1.807) is 18.2 Å². The van der Waals surface area contributed by atoms with Gasteiger partial charge in [-0.2, -0.15) is 18.3 Å². The van der Waals surface area contributed by atoms with Crippen LogP contribution in [0.2, 0.25) is 0 Å². The monoisotopic (exact) mass is 471 g/mol. The highest BCUT2D eigenvalue weighted by Crippen LogP contribution is 2.30. The summed E-state index contributed by atoms with van der Waals surface area (Å²) in [5.74, 6) is -0.927. The molecule has 0 fully saturated rings. The first-order valence-corrected chi connectivity index (χ1v) is 9.19. The quantitative estimate of drug-likeness (QED) is 0.358. The Morgan fingerprint density at radius 3 is 2.62 bits per heavy atom. The molecule has 0 atom stereocenters. The summed E-state index contributed by atoms with van der Waals surface area (Å²) >= 11 is 3.32. The molecule has 154 valence electrons. The average molecular weight is 472 g/mol. The molecule has 10 heteroatoms. The molecular weight excluding hydrogens is 455 g/mol. The minimum atomic E-state index is -4.53. The highest BCUT2D eigenvalue weighted by Gasteiger charge is 2.30. The SMILES string of the molecule is CCOc1ccc(Br)cc1C=NNC(=O)CC(=O)Nc1cccc(C(F)(F)F)c1. The number of benzene rings is 2. The first-order chi connectivity index (χ1) is 13.7. The summed E-state index contributed by atoms with van der Waals surface area (Å²) in [5, 5.41) is 6.03. The van der Waals surface area contributed by atoms with Crippen molar-refractivity contribution in [1.82, 2.24) is 5.43 Å². The molecule has 2 N–H and O–H groups in total. The Bertz CT molecular complexity index is 917. The van der Waals surface area contributed by atoms with Gasteiger partial charge in [0.25, 0.3) is 0 Å². The highest BCUT2D eigenvalue weighted by atomic mass is 79.9. The smallest absolute Gasteiger partial charge is 0.416 e. The van der Waals surface area contributed by atoms with Crippen molar-refractivity contribution in [3.63, 3.8) is 0 Å². The van der Waals surface area contributed by atoms with Crippen LogP contribution in [0.5, 0.6) is 5.75 Å². The minimum Gasteiger partial charge on any atom is -0.493 e. The van der Waals surface area contributed by atoms with Gasteiger partial charge in [0.05, 0.1) is 18.4 Å². The second-order valence-electron chi connectivity index (χ2n) is 5.71. The third kappa shape index (κ3) is 7.22. The lowest BCUT2D eigenvalue weighted by Gasteiger charge is -2.09. The van der Waals surface area contributed by atoms with Gasteiger partial charge < -0.3 is 10.1 Å². The summed E-state index contributed by atoms with van der Waals surface area (Å²) < 4.78 is 44.3. The first kappa shape index (κ1) is 22.4. The molecule has 2 aromatic rings. The van der Waals surface area contributed by atoms with Crippen LogP contribution in [0, 0.1) is 0 Å². The topological polar surface area (TPSA) is 79.8 Å². The molecule has 29 heavy (non-hydrogen) atoms. The fourth-order valence-corrected chi connectivity index (χ4v) is 2.62. The van der Waals surface area contributed by atoms with Crippen LogP contribution >= 0.6 is 15.9 Å². The molecule has 0 heterocycles. The second kappa shape index (κ2) is 10.1. The van der Waals surface area contributed by atoms with E-state index in [2.05, 4.69) is 31.8 Å². The molecule has 2 amide bonds. The van der Waals surface area contributed by atoms with E-state index < -0.39 is 30.0 Å². The van der Waals surface area contributed by atoms with E-state index in [1.165, 1.54) is 12.3 Å². The Morgan fingerprint density at radius 2 is 1.93 bits per heavy atom. The Morgan fingerprint density at radius 1 is 1.17 bits per heavy atom. The fraction of sp³-hybridized carbons (Fsp3) is 0.211. The Hall–Kier alpha value is -2.88. The number of nitrogens with zero attached hydrogens (tertiary/aromatic N) is 1. The van der Waals surface area contributed by atoms with Crippen LogP contribution in [0.3, 0.4) is 0 Å². The maximum atomic E-state index is 12.7. The Labute approximate surface area is 173 Å². The first-order valence-electron chi connectivity index (χ1n) is 8.40. The number of nitrogens with one attached hydrogen (secondary N) is 2. The van der Waals surface area contributed by atoms with Gasteiger partial charge in [-0.3, -0.25) is 9.59 Å². The van der Waals surface area contributed by atoms with Crippen molar-refractivity contribution in [3.8, 4) is 5.75 Å². The molecule has 0 spiro atoms. The van der Waals surface area contributed by atoms with Crippen LogP contribution in [0.25, 0.3) is 0 Å². The van der Waals surface area contributed by atoms with Crippen molar-refractivity contribution < 1.29 is 27.5 Å². The van der Waals surface area contributed by atoms with E-state index in [-0.39, 0.29) is 5.69 Å². The number of carbonyl (C=O) groups is 2. The summed E-state index contributed by atoms with van der Waals surface area (Å²) in [4.78, 5) is 23.7. The summed E-state index contributed by atoms with van der Waals surface area (Å²) in [6.07, 6.45) is -3.78. The zero-order valence-corrected chi connectivity index (χ0v) is 16.8. The van der Waals surface area contributed by atoms with E-state index in [4.69, 9.17) is 4.74 Å². The van der Waals surface area contributed by atoms with Gasteiger partial charge in [0.2, 0.25) is 11.8 Å². The molecule has 0 radical (unpaired) electrons. The maximum absolute atomic E-state index is 12.7. The third-order valence-electron chi connectivity index (χ3n) is 3.46. The number of halogens is 4. The van der Waals surface area contributed by atoms with Gasteiger partial charge in [-0.05, 0) is 43.3 Å². The van der Waals surface area contributed by atoms with Crippen LogP contribution in [-0.4, -0.2) is 24.6 Å². The lowest BCUT2D eigenvalue weighted by atomic mass is 10.2. The van der Waals surface area contributed by atoms with Gasteiger partial charge in [-0.25, -0.2) is 5.43 Å². The number of hydrazone groups is 1. The van der Waals surface area contributed by atoms with Crippen LogP contribution in [-0.2, 0) is 15.8 Å².